The molecule has 0 aliphatic heterocycles. The molecule has 1 atom stereocenters. The Balaban J connectivity index is 2.94. The number of hydrogen-bond donors (Lipinski definition) is 1. The highest BCUT2D eigenvalue weighted by atomic mass is 32.2. The number of ether oxygens (including phenoxy) is 1. The number of benzene rings is 1. The Morgan fingerprint density at radius 3 is 2.50 bits per heavy atom. The van der Waals surface area contributed by atoms with Crippen molar-refractivity contribution in [2.75, 3.05) is 11.9 Å². The molecule has 1 aromatic carbocycles. The summed E-state index contributed by atoms with van der Waals surface area (Å²) < 4.78 is 32.5. The molecule has 0 fully saturated rings. The first-order valence-corrected chi connectivity index (χ1v) is 7.86. The van der Waals surface area contributed by atoms with Gasteiger partial charge in [-0.25, -0.2) is 8.78 Å². The van der Waals surface area contributed by atoms with E-state index < -0.39 is 28.8 Å². The van der Waals surface area contributed by atoms with Crippen molar-refractivity contribution in [2.24, 2.45) is 0 Å². The molecule has 0 radical (unpaired) electrons. The monoisotopic (exact) mass is 331 g/mol. The molecule has 122 valence electrons. The van der Waals surface area contributed by atoms with Gasteiger partial charge < -0.3 is 10.1 Å². The van der Waals surface area contributed by atoms with Crippen molar-refractivity contribution in [2.45, 2.75) is 43.8 Å². The number of hydrogen-bond acceptors (Lipinski definition) is 4. The highest BCUT2D eigenvalue weighted by Crippen LogP contribution is 2.32. The zero-order valence-electron chi connectivity index (χ0n) is 12.7. The molecule has 4 nitrogen and oxygen atoms in total. The lowest BCUT2D eigenvalue weighted by atomic mass is 10.3. The van der Waals surface area contributed by atoms with Gasteiger partial charge in [0.1, 0.15) is 16.9 Å². The fourth-order valence-electron chi connectivity index (χ4n) is 1.65. The molecule has 0 aliphatic rings. The summed E-state index contributed by atoms with van der Waals surface area (Å²) >= 11 is 0.956. The Kier molecular flexibility index (Phi) is 7.31. The van der Waals surface area contributed by atoms with E-state index in [0.717, 1.165) is 11.8 Å². The molecule has 1 unspecified atom stereocenters. The zero-order chi connectivity index (χ0) is 16.7. The summed E-state index contributed by atoms with van der Waals surface area (Å²) in [6, 6.07) is 1.88. The van der Waals surface area contributed by atoms with Gasteiger partial charge in [-0.1, -0.05) is 13.8 Å². The second-order valence-electron chi connectivity index (χ2n) is 4.63. The molecule has 0 heterocycles. The first-order valence-electron chi connectivity index (χ1n) is 6.98. The number of anilines is 1. The first kappa shape index (κ1) is 18.4. The van der Waals surface area contributed by atoms with Crippen LogP contribution in [0.3, 0.4) is 0 Å². The predicted octanol–water partition coefficient (Wildman–Crippen LogP) is 3.75. The zero-order valence-corrected chi connectivity index (χ0v) is 13.6. The maximum atomic E-state index is 13.9. The fourth-order valence-corrected chi connectivity index (χ4v) is 2.65. The molecule has 1 rings (SSSR count). The maximum absolute atomic E-state index is 13.9. The number of halogens is 2. The second kappa shape index (κ2) is 8.73. The Bertz CT molecular complexity index is 552. The summed E-state index contributed by atoms with van der Waals surface area (Å²) in [5, 5.41) is 1.70. The minimum atomic E-state index is -0.862. The van der Waals surface area contributed by atoms with Crippen LogP contribution < -0.4 is 5.32 Å². The average Bonchev–Trinajstić information content (AvgIpc) is 2.45. The van der Waals surface area contributed by atoms with Crippen LogP contribution in [0.5, 0.6) is 0 Å². The SMILES string of the molecule is CCCOC(=O)C(CC)Sc1cc(NC(C)=O)c(F)cc1F. The third kappa shape index (κ3) is 5.29. The van der Waals surface area contributed by atoms with Gasteiger partial charge in [0.05, 0.1) is 12.3 Å². The van der Waals surface area contributed by atoms with Crippen LogP contribution in [0.4, 0.5) is 14.5 Å². The van der Waals surface area contributed by atoms with Crippen LogP contribution in [-0.2, 0) is 14.3 Å². The van der Waals surface area contributed by atoms with E-state index >= 15 is 0 Å². The molecule has 0 saturated heterocycles. The highest BCUT2D eigenvalue weighted by Gasteiger charge is 2.22. The van der Waals surface area contributed by atoms with Crippen LogP contribution in [-0.4, -0.2) is 23.7 Å². The van der Waals surface area contributed by atoms with Gasteiger partial charge in [0.2, 0.25) is 5.91 Å². The van der Waals surface area contributed by atoms with E-state index in [-0.39, 0.29) is 10.6 Å². The minimum Gasteiger partial charge on any atom is -0.465 e. The number of esters is 1. The maximum Gasteiger partial charge on any atom is 0.319 e. The molecule has 0 spiro atoms. The number of carbonyl (C=O) groups excluding carboxylic acids is 2. The molecule has 22 heavy (non-hydrogen) atoms. The van der Waals surface area contributed by atoms with Gasteiger partial charge in [0, 0.05) is 17.9 Å². The lowest BCUT2D eigenvalue weighted by Gasteiger charge is -2.15. The summed E-state index contributed by atoms with van der Waals surface area (Å²) in [7, 11) is 0. The lowest BCUT2D eigenvalue weighted by molar-refractivity contribution is -0.143. The standard InChI is InChI=1S/C15H19F2NO3S/c1-4-6-21-15(20)13(5-2)22-14-8-12(18-9(3)19)10(16)7-11(14)17/h7-8,13H,4-6H2,1-3H3,(H,18,19). The number of amides is 1. The molecule has 1 amide bonds. The molecular formula is C15H19F2NO3S. The molecule has 0 aromatic heterocycles. The predicted molar refractivity (Wildman–Crippen MR) is 81.8 cm³/mol. The van der Waals surface area contributed by atoms with E-state index in [4.69, 9.17) is 4.74 Å². The molecule has 0 aliphatic carbocycles. The van der Waals surface area contributed by atoms with Crippen LogP contribution in [0.15, 0.2) is 17.0 Å². The smallest absolute Gasteiger partial charge is 0.319 e. The van der Waals surface area contributed by atoms with E-state index in [1.54, 1.807) is 6.92 Å². The molecular weight excluding hydrogens is 312 g/mol. The molecule has 1 aromatic rings. The van der Waals surface area contributed by atoms with E-state index in [1.807, 2.05) is 6.92 Å². The number of nitrogens with one attached hydrogen (secondary N) is 1. The summed E-state index contributed by atoms with van der Waals surface area (Å²) in [4.78, 5) is 23.0. The van der Waals surface area contributed by atoms with E-state index in [0.29, 0.717) is 25.5 Å². The summed E-state index contributed by atoms with van der Waals surface area (Å²) in [5.74, 6) is -2.54. The van der Waals surface area contributed by atoms with Crippen molar-refractivity contribution < 1.29 is 23.1 Å². The van der Waals surface area contributed by atoms with Crippen LogP contribution >= 0.6 is 11.8 Å². The van der Waals surface area contributed by atoms with Crippen molar-refractivity contribution in [3.63, 3.8) is 0 Å². The summed E-state index contributed by atoms with van der Waals surface area (Å²) in [6.07, 6.45) is 1.14. The van der Waals surface area contributed by atoms with Crippen LogP contribution in [0.25, 0.3) is 0 Å². The van der Waals surface area contributed by atoms with Crippen molar-refractivity contribution in [1.82, 2.24) is 0 Å². The van der Waals surface area contributed by atoms with Gasteiger partial charge in [-0.2, -0.15) is 0 Å². The normalized spacial score (nSPS) is 11.9. The van der Waals surface area contributed by atoms with Gasteiger partial charge in [0.25, 0.3) is 0 Å². The summed E-state index contributed by atoms with van der Waals surface area (Å²) in [6.45, 7) is 5.19. The molecule has 7 heteroatoms. The summed E-state index contributed by atoms with van der Waals surface area (Å²) in [5.41, 5.74) is -0.117. The highest BCUT2D eigenvalue weighted by molar-refractivity contribution is 8.00. The van der Waals surface area contributed by atoms with E-state index in [2.05, 4.69) is 5.32 Å². The number of thioether (sulfide) groups is 1. The van der Waals surface area contributed by atoms with Gasteiger partial charge in [-0.05, 0) is 18.9 Å². The van der Waals surface area contributed by atoms with Gasteiger partial charge in [-0.3, -0.25) is 9.59 Å². The third-order valence-electron chi connectivity index (χ3n) is 2.68. The molecule has 0 bridgehead atoms. The van der Waals surface area contributed by atoms with Gasteiger partial charge in [-0.15, -0.1) is 11.8 Å². The minimum absolute atomic E-state index is 0.0884. The largest absolute Gasteiger partial charge is 0.465 e. The second-order valence-corrected chi connectivity index (χ2v) is 5.87. The van der Waals surface area contributed by atoms with Crippen LogP contribution in [0.2, 0.25) is 0 Å². The lowest BCUT2D eigenvalue weighted by Crippen LogP contribution is -2.20. The molecule has 1 N–H and O–H groups in total. The van der Waals surface area contributed by atoms with Gasteiger partial charge >= 0.3 is 5.97 Å². The third-order valence-corrected chi connectivity index (χ3v) is 4.06. The average molecular weight is 331 g/mol. The molecule has 0 saturated carbocycles. The van der Waals surface area contributed by atoms with Crippen molar-refractivity contribution in [3.05, 3.63) is 23.8 Å². The Labute approximate surface area is 132 Å². The number of carbonyl (C=O) groups is 2. The van der Waals surface area contributed by atoms with Crippen molar-refractivity contribution in [1.29, 1.82) is 0 Å². The Morgan fingerprint density at radius 1 is 1.27 bits per heavy atom. The van der Waals surface area contributed by atoms with Crippen LogP contribution in [0, 0.1) is 11.6 Å². The van der Waals surface area contributed by atoms with Gasteiger partial charge in [0.15, 0.2) is 0 Å². The fraction of sp³-hybridized carbons (Fsp3) is 0.467. The Morgan fingerprint density at radius 2 is 1.95 bits per heavy atom. The van der Waals surface area contributed by atoms with Crippen LogP contribution in [0.1, 0.15) is 33.6 Å². The Hall–Kier alpha value is -1.63. The first-order chi connectivity index (χ1) is 10.4. The van der Waals surface area contributed by atoms with E-state index in [9.17, 15) is 18.4 Å². The topological polar surface area (TPSA) is 55.4 Å². The van der Waals surface area contributed by atoms with Crippen molar-refractivity contribution >= 4 is 29.3 Å². The van der Waals surface area contributed by atoms with E-state index in [1.165, 1.54) is 13.0 Å². The van der Waals surface area contributed by atoms with Crippen molar-refractivity contribution in [3.8, 4) is 0 Å². The quantitative estimate of drug-likeness (QED) is 0.611. The number of rotatable bonds is 7.